The predicted molar refractivity (Wildman–Crippen MR) is 182 cm³/mol. The van der Waals surface area contributed by atoms with E-state index in [4.69, 9.17) is 9.47 Å². The number of esters is 1. The van der Waals surface area contributed by atoms with Gasteiger partial charge in [-0.1, -0.05) is 159 Å². The van der Waals surface area contributed by atoms with Crippen molar-refractivity contribution in [2.45, 2.75) is 180 Å². The number of carbonyl (C=O) groups is 1. The first-order chi connectivity index (χ1) is 20.7. The summed E-state index contributed by atoms with van der Waals surface area (Å²) in [6.45, 7) is 5.19. The summed E-state index contributed by atoms with van der Waals surface area (Å²) in [5, 5.41) is 9.54. The summed E-state index contributed by atoms with van der Waals surface area (Å²) in [5.74, 6) is -0.208. The Morgan fingerprint density at radius 3 is 1.62 bits per heavy atom. The molecule has 1 unspecified atom stereocenters. The van der Waals surface area contributed by atoms with Gasteiger partial charge in [0.1, 0.15) is 6.10 Å². The number of hydrogen-bond donors (Lipinski definition) is 1. The molecule has 42 heavy (non-hydrogen) atoms. The van der Waals surface area contributed by atoms with Crippen molar-refractivity contribution in [3.8, 4) is 0 Å². The second-order valence-corrected chi connectivity index (χ2v) is 11.9. The van der Waals surface area contributed by atoms with Crippen LogP contribution in [0, 0.1) is 0 Å². The van der Waals surface area contributed by atoms with E-state index in [0.29, 0.717) is 13.0 Å². The zero-order valence-electron chi connectivity index (χ0n) is 28.0. The number of aliphatic hydroxyl groups is 1. The Labute approximate surface area is 261 Å². The quantitative estimate of drug-likeness (QED) is 0.0469. The van der Waals surface area contributed by atoms with Crippen molar-refractivity contribution in [2.24, 2.45) is 0 Å². The normalized spacial score (nSPS) is 12.7. The summed E-state index contributed by atoms with van der Waals surface area (Å²) in [6.07, 6.45) is 43.3. The van der Waals surface area contributed by atoms with Crippen LogP contribution in [0.25, 0.3) is 0 Å². The second kappa shape index (κ2) is 35.8. The summed E-state index contributed by atoms with van der Waals surface area (Å²) in [6, 6.07) is 0. The molecule has 0 aliphatic rings. The van der Waals surface area contributed by atoms with Crippen molar-refractivity contribution in [1.82, 2.24) is 0 Å². The fourth-order valence-electron chi connectivity index (χ4n) is 5.05. The maximum absolute atomic E-state index is 12.1. The van der Waals surface area contributed by atoms with Crippen LogP contribution < -0.4 is 0 Å². The number of hydrogen-bond acceptors (Lipinski definition) is 4. The molecule has 0 bridgehead atoms. The Balaban J connectivity index is 3.46. The fourth-order valence-corrected chi connectivity index (χ4v) is 5.05. The third-order valence-corrected chi connectivity index (χ3v) is 7.73. The standard InChI is InChI=1S/C38H70O4/c1-3-5-7-9-11-13-15-17-19-20-21-23-25-27-29-31-33-38(40)42-37(35-39)36-41-34-32-30-28-26-24-22-18-16-14-12-10-8-6-4-2/h6,8,12,14,18,22,37,39H,3-5,7,9-11,13,15-17,19-21,23-36H2,1-2H3/b8-6-,14-12-,22-18-. The van der Waals surface area contributed by atoms with E-state index < -0.39 is 6.10 Å². The minimum atomic E-state index is -0.541. The Bertz CT molecular complexity index is 625. The van der Waals surface area contributed by atoms with Gasteiger partial charge < -0.3 is 14.6 Å². The molecule has 1 N–H and O–H groups in total. The van der Waals surface area contributed by atoms with Gasteiger partial charge in [-0.25, -0.2) is 0 Å². The van der Waals surface area contributed by atoms with E-state index in [1.165, 1.54) is 103 Å². The summed E-state index contributed by atoms with van der Waals surface area (Å²) < 4.78 is 11.1. The average molecular weight is 591 g/mol. The average Bonchev–Trinajstić information content (AvgIpc) is 3.00. The maximum atomic E-state index is 12.1. The van der Waals surface area contributed by atoms with Gasteiger partial charge in [0.25, 0.3) is 0 Å². The lowest BCUT2D eigenvalue weighted by Gasteiger charge is -2.15. The fraction of sp³-hybridized carbons (Fsp3) is 0.816. The molecule has 0 fully saturated rings. The highest BCUT2D eigenvalue weighted by molar-refractivity contribution is 5.69. The van der Waals surface area contributed by atoms with Crippen LogP contribution >= 0.6 is 0 Å². The van der Waals surface area contributed by atoms with Crippen molar-refractivity contribution in [2.75, 3.05) is 19.8 Å². The predicted octanol–water partition coefficient (Wildman–Crippen LogP) is 11.4. The minimum absolute atomic E-state index is 0.179. The van der Waals surface area contributed by atoms with E-state index in [1.807, 2.05) is 0 Å². The van der Waals surface area contributed by atoms with E-state index >= 15 is 0 Å². The molecule has 0 amide bonds. The van der Waals surface area contributed by atoms with Crippen molar-refractivity contribution >= 4 is 5.97 Å². The molecule has 0 rings (SSSR count). The van der Waals surface area contributed by atoms with Crippen LogP contribution in [0.2, 0.25) is 0 Å². The molecular weight excluding hydrogens is 520 g/mol. The molecule has 0 aromatic heterocycles. The molecule has 4 heteroatoms. The molecule has 0 saturated carbocycles. The van der Waals surface area contributed by atoms with E-state index in [0.717, 1.165) is 51.4 Å². The number of carbonyl (C=O) groups excluding carboxylic acids is 1. The molecule has 0 radical (unpaired) electrons. The van der Waals surface area contributed by atoms with Crippen LogP contribution in [0.15, 0.2) is 36.5 Å². The van der Waals surface area contributed by atoms with E-state index in [2.05, 4.69) is 50.3 Å². The van der Waals surface area contributed by atoms with Gasteiger partial charge in [-0.2, -0.15) is 0 Å². The number of aliphatic hydroxyl groups excluding tert-OH is 1. The summed E-state index contributed by atoms with van der Waals surface area (Å²) >= 11 is 0. The van der Waals surface area contributed by atoms with Crippen LogP contribution in [-0.4, -0.2) is 37.0 Å². The lowest BCUT2D eigenvalue weighted by Crippen LogP contribution is -2.27. The molecule has 0 aliphatic carbocycles. The van der Waals surface area contributed by atoms with Crippen molar-refractivity contribution in [3.05, 3.63) is 36.5 Å². The zero-order valence-corrected chi connectivity index (χ0v) is 28.0. The van der Waals surface area contributed by atoms with E-state index in [-0.39, 0.29) is 19.2 Å². The van der Waals surface area contributed by atoms with Crippen LogP contribution in [-0.2, 0) is 14.3 Å². The van der Waals surface area contributed by atoms with Crippen LogP contribution in [0.1, 0.15) is 174 Å². The molecule has 0 saturated heterocycles. The number of unbranched alkanes of at least 4 members (excludes halogenated alkanes) is 19. The largest absolute Gasteiger partial charge is 0.457 e. The Hall–Kier alpha value is -1.39. The topological polar surface area (TPSA) is 55.8 Å². The third kappa shape index (κ3) is 33.1. The highest BCUT2D eigenvalue weighted by Crippen LogP contribution is 2.14. The Kier molecular flexibility index (Phi) is 34.6. The molecule has 4 nitrogen and oxygen atoms in total. The number of rotatable bonds is 33. The van der Waals surface area contributed by atoms with Gasteiger partial charge in [0, 0.05) is 13.0 Å². The summed E-state index contributed by atoms with van der Waals surface area (Å²) in [4.78, 5) is 12.1. The van der Waals surface area contributed by atoms with E-state index in [9.17, 15) is 9.90 Å². The summed E-state index contributed by atoms with van der Waals surface area (Å²) in [5.41, 5.74) is 0. The van der Waals surface area contributed by atoms with Gasteiger partial charge >= 0.3 is 5.97 Å². The molecular formula is C38H70O4. The zero-order chi connectivity index (χ0) is 30.6. The SMILES string of the molecule is CC/C=C\C/C=C\C/C=C\CCCCCCOCC(CO)OC(=O)CCCCCCCCCCCCCCCCCC. The van der Waals surface area contributed by atoms with Gasteiger partial charge in [0.15, 0.2) is 0 Å². The molecule has 246 valence electrons. The van der Waals surface area contributed by atoms with Gasteiger partial charge in [-0.15, -0.1) is 0 Å². The van der Waals surface area contributed by atoms with Crippen LogP contribution in [0.4, 0.5) is 0 Å². The highest BCUT2D eigenvalue weighted by atomic mass is 16.6. The highest BCUT2D eigenvalue weighted by Gasteiger charge is 2.13. The Morgan fingerprint density at radius 2 is 1.07 bits per heavy atom. The minimum Gasteiger partial charge on any atom is -0.457 e. The van der Waals surface area contributed by atoms with Crippen molar-refractivity contribution in [3.63, 3.8) is 0 Å². The van der Waals surface area contributed by atoms with Crippen molar-refractivity contribution < 1.29 is 19.4 Å². The van der Waals surface area contributed by atoms with Gasteiger partial charge in [-0.3, -0.25) is 4.79 Å². The smallest absolute Gasteiger partial charge is 0.306 e. The Morgan fingerprint density at radius 1 is 0.595 bits per heavy atom. The first kappa shape index (κ1) is 40.6. The molecule has 0 aliphatic heterocycles. The molecule has 0 aromatic rings. The first-order valence-corrected chi connectivity index (χ1v) is 18.1. The monoisotopic (exact) mass is 591 g/mol. The molecule has 1 atom stereocenters. The third-order valence-electron chi connectivity index (χ3n) is 7.73. The lowest BCUT2D eigenvalue weighted by atomic mass is 10.0. The molecule has 0 heterocycles. The van der Waals surface area contributed by atoms with E-state index in [1.54, 1.807) is 0 Å². The number of ether oxygens (including phenoxy) is 2. The maximum Gasteiger partial charge on any atom is 0.306 e. The first-order valence-electron chi connectivity index (χ1n) is 18.1. The second-order valence-electron chi connectivity index (χ2n) is 11.9. The van der Waals surface area contributed by atoms with Gasteiger partial charge in [0.2, 0.25) is 0 Å². The van der Waals surface area contributed by atoms with Gasteiger partial charge in [0.05, 0.1) is 13.2 Å². The molecule has 0 spiro atoms. The lowest BCUT2D eigenvalue weighted by molar-refractivity contribution is -0.154. The number of allylic oxidation sites excluding steroid dienone is 6. The van der Waals surface area contributed by atoms with Crippen LogP contribution in [0.3, 0.4) is 0 Å². The van der Waals surface area contributed by atoms with Crippen molar-refractivity contribution in [1.29, 1.82) is 0 Å². The molecule has 0 aromatic carbocycles. The van der Waals surface area contributed by atoms with Crippen LogP contribution in [0.5, 0.6) is 0 Å². The van der Waals surface area contributed by atoms with Gasteiger partial charge in [-0.05, 0) is 44.9 Å². The summed E-state index contributed by atoms with van der Waals surface area (Å²) in [7, 11) is 0.